The van der Waals surface area contributed by atoms with Crippen molar-refractivity contribution < 1.29 is 29.3 Å². The lowest BCUT2D eigenvalue weighted by molar-refractivity contribution is -0.171. The lowest BCUT2D eigenvalue weighted by atomic mass is 9.42. The summed E-state index contributed by atoms with van der Waals surface area (Å²) in [5.41, 5.74) is 2.60. The molecule has 4 aliphatic carbocycles. The molecule has 6 heteroatoms. The third kappa shape index (κ3) is 4.52. The maximum atomic E-state index is 11.9. The first kappa shape index (κ1) is 30.3. The van der Waals surface area contributed by atoms with Crippen LogP contribution in [0.3, 0.4) is 0 Å². The number of allylic oxidation sites excluding steroid dienone is 2. The van der Waals surface area contributed by atoms with E-state index in [1.54, 1.807) is 6.92 Å². The van der Waals surface area contributed by atoms with Crippen LogP contribution in [0.1, 0.15) is 107 Å². The molecular formula is C33H52O6. The number of esters is 1. The van der Waals surface area contributed by atoms with Crippen molar-refractivity contribution in [2.24, 2.45) is 39.4 Å². The number of hydrogen-bond acceptors (Lipinski definition) is 5. The monoisotopic (exact) mass is 544 g/mol. The van der Waals surface area contributed by atoms with E-state index in [1.807, 2.05) is 13.2 Å². The zero-order valence-electron chi connectivity index (χ0n) is 25.7. The summed E-state index contributed by atoms with van der Waals surface area (Å²) in [7, 11) is 1.81. The van der Waals surface area contributed by atoms with Gasteiger partial charge in [0.2, 0.25) is 0 Å². The average Bonchev–Trinajstić information content (AvgIpc) is 3.06. The summed E-state index contributed by atoms with van der Waals surface area (Å²) in [6.07, 6.45) is 8.40. The van der Waals surface area contributed by atoms with Gasteiger partial charge in [-0.1, -0.05) is 53.2 Å². The van der Waals surface area contributed by atoms with Gasteiger partial charge in [0.05, 0.1) is 12.2 Å². The number of aliphatic hydroxyl groups is 1. The number of aliphatic hydroxyl groups excluding tert-OH is 1. The summed E-state index contributed by atoms with van der Waals surface area (Å²) in [4.78, 5) is 23.2. The van der Waals surface area contributed by atoms with Gasteiger partial charge in [-0.3, -0.25) is 4.79 Å². The molecule has 220 valence electrons. The molecule has 0 aromatic heterocycles. The Labute approximate surface area is 235 Å². The molecule has 0 aromatic rings. The van der Waals surface area contributed by atoms with Crippen molar-refractivity contribution >= 4 is 11.9 Å². The van der Waals surface area contributed by atoms with Crippen molar-refractivity contribution in [1.29, 1.82) is 0 Å². The average molecular weight is 545 g/mol. The molecule has 0 radical (unpaired) electrons. The summed E-state index contributed by atoms with van der Waals surface area (Å²) in [5, 5.41) is 21.1. The number of methoxy groups -OCH3 is 1. The van der Waals surface area contributed by atoms with Crippen molar-refractivity contribution in [3.8, 4) is 0 Å². The standard InChI is InChI=1S/C33H52O6/c1-19(11-10-12-20(2)29(36)37)23-17-26(35)33(8)28-22(13-16-32(23,33)7)31(6)15-14-27(39-21(3)34)30(4,5)25(31)18-24(28)38-9/h12,19,23-27,35H,10-11,13-18H2,1-9H3,(H,36,37)/b20-12-. The topological polar surface area (TPSA) is 93.1 Å². The molecule has 0 aromatic carbocycles. The van der Waals surface area contributed by atoms with Crippen molar-refractivity contribution in [2.75, 3.05) is 7.11 Å². The van der Waals surface area contributed by atoms with Crippen LogP contribution in [0.5, 0.6) is 0 Å². The van der Waals surface area contributed by atoms with Gasteiger partial charge >= 0.3 is 11.9 Å². The summed E-state index contributed by atoms with van der Waals surface area (Å²) in [6.45, 7) is 17.1. The lowest BCUT2D eigenvalue weighted by Gasteiger charge is -2.63. The molecule has 2 saturated carbocycles. The van der Waals surface area contributed by atoms with Crippen LogP contribution in [-0.4, -0.2) is 47.6 Å². The second-order valence-corrected chi connectivity index (χ2v) is 14.5. The van der Waals surface area contributed by atoms with Crippen molar-refractivity contribution in [2.45, 2.75) is 125 Å². The lowest BCUT2D eigenvalue weighted by Crippen LogP contribution is -2.59. The molecule has 4 rings (SSSR count). The Morgan fingerprint density at radius 1 is 1.10 bits per heavy atom. The van der Waals surface area contributed by atoms with E-state index in [-0.39, 0.29) is 39.8 Å². The van der Waals surface area contributed by atoms with Crippen LogP contribution in [0.25, 0.3) is 0 Å². The molecule has 6 nitrogen and oxygen atoms in total. The normalized spacial score (nSPS) is 42.3. The van der Waals surface area contributed by atoms with E-state index in [1.165, 1.54) is 18.1 Å². The van der Waals surface area contributed by atoms with Crippen LogP contribution in [0.2, 0.25) is 0 Å². The Morgan fingerprint density at radius 2 is 1.77 bits per heavy atom. The first-order valence-corrected chi connectivity index (χ1v) is 15.1. The fraction of sp³-hybridized carbons (Fsp3) is 0.818. The van der Waals surface area contributed by atoms with Gasteiger partial charge in [-0.05, 0) is 92.4 Å². The van der Waals surface area contributed by atoms with Gasteiger partial charge in [0.25, 0.3) is 0 Å². The number of fused-ring (bicyclic) bond motifs is 4. The van der Waals surface area contributed by atoms with E-state index in [0.29, 0.717) is 23.3 Å². The third-order valence-electron chi connectivity index (χ3n) is 12.5. The van der Waals surface area contributed by atoms with Crippen LogP contribution >= 0.6 is 0 Å². The largest absolute Gasteiger partial charge is 0.478 e. The molecular weight excluding hydrogens is 492 g/mol. The van der Waals surface area contributed by atoms with Gasteiger partial charge in [0, 0.05) is 30.4 Å². The number of rotatable bonds is 7. The minimum atomic E-state index is -0.856. The number of aliphatic carboxylic acids is 1. The second kappa shape index (κ2) is 10.3. The van der Waals surface area contributed by atoms with Gasteiger partial charge in [-0.2, -0.15) is 0 Å². The highest BCUT2D eigenvalue weighted by Gasteiger charge is 2.68. The minimum absolute atomic E-state index is 0.0164. The number of hydrogen-bond donors (Lipinski definition) is 2. The Balaban J connectivity index is 1.71. The second-order valence-electron chi connectivity index (χ2n) is 14.5. The number of carboxylic acids is 1. The van der Waals surface area contributed by atoms with Crippen LogP contribution < -0.4 is 0 Å². The third-order valence-corrected chi connectivity index (χ3v) is 12.5. The molecule has 2 fully saturated rings. The van der Waals surface area contributed by atoms with Gasteiger partial charge < -0.3 is 19.7 Å². The Kier molecular flexibility index (Phi) is 8.01. The number of carboxylic acid groups (broad SMARTS) is 1. The number of ether oxygens (including phenoxy) is 2. The van der Waals surface area contributed by atoms with Gasteiger partial charge in [0.1, 0.15) is 6.10 Å². The van der Waals surface area contributed by atoms with E-state index < -0.39 is 12.1 Å². The Bertz CT molecular complexity index is 1060. The molecule has 0 amide bonds. The molecule has 2 N–H and O–H groups in total. The molecule has 0 bridgehead atoms. The van der Waals surface area contributed by atoms with Gasteiger partial charge in [0.15, 0.2) is 0 Å². The van der Waals surface area contributed by atoms with Gasteiger partial charge in [-0.25, -0.2) is 4.79 Å². The number of carbonyl (C=O) groups excluding carboxylic acids is 1. The minimum Gasteiger partial charge on any atom is -0.478 e. The quantitative estimate of drug-likeness (QED) is 0.210. The van der Waals surface area contributed by atoms with Crippen molar-refractivity contribution in [3.05, 3.63) is 22.8 Å². The van der Waals surface area contributed by atoms with Crippen molar-refractivity contribution in [1.82, 2.24) is 0 Å². The summed E-state index contributed by atoms with van der Waals surface area (Å²) in [6, 6.07) is 0. The SMILES string of the molecule is COC1CC2C(C)(CCC(OC(C)=O)C2(C)C)C2=C1C1(C)C(O)CC(C(C)CC/C=C(/C)C(=O)O)C1(C)CC2. The molecule has 4 aliphatic rings. The highest BCUT2D eigenvalue weighted by molar-refractivity contribution is 5.85. The Hall–Kier alpha value is -1.66. The van der Waals surface area contributed by atoms with Gasteiger partial charge in [-0.15, -0.1) is 0 Å². The van der Waals surface area contributed by atoms with Crippen LogP contribution in [0, 0.1) is 39.4 Å². The fourth-order valence-electron chi connectivity index (χ4n) is 10.0. The fourth-order valence-corrected chi connectivity index (χ4v) is 10.0. The molecule has 9 unspecified atom stereocenters. The highest BCUT2D eigenvalue weighted by atomic mass is 16.5. The molecule has 0 saturated heterocycles. The maximum absolute atomic E-state index is 11.9. The van der Waals surface area contributed by atoms with E-state index in [2.05, 4.69) is 41.5 Å². The molecule has 39 heavy (non-hydrogen) atoms. The van der Waals surface area contributed by atoms with E-state index >= 15 is 0 Å². The first-order valence-electron chi connectivity index (χ1n) is 15.1. The molecule has 9 atom stereocenters. The first-order chi connectivity index (χ1) is 18.1. The van der Waals surface area contributed by atoms with E-state index in [9.17, 15) is 19.8 Å². The Morgan fingerprint density at radius 3 is 2.36 bits per heavy atom. The van der Waals surface area contributed by atoms with Crippen molar-refractivity contribution in [3.63, 3.8) is 0 Å². The summed E-state index contributed by atoms with van der Waals surface area (Å²) >= 11 is 0. The smallest absolute Gasteiger partial charge is 0.330 e. The summed E-state index contributed by atoms with van der Waals surface area (Å²) in [5.74, 6) is -0.0245. The summed E-state index contributed by atoms with van der Waals surface area (Å²) < 4.78 is 12.2. The molecule has 0 aliphatic heterocycles. The van der Waals surface area contributed by atoms with E-state index in [0.717, 1.165) is 51.4 Å². The predicted octanol–water partition coefficient (Wildman–Crippen LogP) is 6.71. The van der Waals surface area contributed by atoms with Crippen LogP contribution in [-0.2, 0) is 19.1 Å². The highest BCUT2D eigenvalue weighted by Crippen LogP contribution is 2.72. The van der Waals surface area contributed by atoms with E-state index in [4.69, 9.17) is 9.47 Å². The zero-order chi connectivity index (χ0) is 29.1. The molecule has 0 spiro atoms. The van der Waals surface area contributed by atoms with Crippen LogP contribution in [0.15, 0.2) is 22.8 Å². The van der Waals surface area contributed by atoms with Crippen LogP contribution in [0.4, 0.5) is 0 Å². The molecule has 0 heterocycles. The predicted molar refractivity (Wildman–Crippen MR) is 152 cm³/mol. The number of carbonyl (C=O) groups is 2. The maximum Gasteiger partial charge on any atom is 0.330 e. The zero-order valence-corrected chi connectivity index (χ0v) is 25.7.